The number of aromatic nitrogens is 1. The highest BCUT2D eigenvalue weighted by Crippen LogP contribution is 2.30. The zero-order valence-corrected chi connectivity index (χ0v) is 23.0. The predicted octanol–water partition coefficient (Wildman–Crippen LogP) is 3.64. The number of carbonyl (C=O) groups excluding carboxylic acids is 3. The number of carbonyl (C=O) groups is 3. The van der Waals surface area contributed by atoms with Gasteiger partial charge in [-0.15, -0.1) is 10.2 Å². The smallest absolute Gasteiger partial charge is 0.419 e. The highest BCUT2D eigenvalue weighted by Gasteiger charge is 2.34. The first-order valence-corrected chi connectivity index (χ1v) is 13.5. The molecule has 1 atom stereocenters. The van der Waals surface area contributed by atoms with Crippen LogP contribution in [0.2, 0.25) is 0 Å². The van der Waals surface area contributed by atoms with Crippen LogP contribution in [0.3, 0.4) is 0 Å². The molecular weight excluding hydrogens is 528 g/mol. The average molecular weight is 559 g/mol. The number of anilines is 1. The van der Waals surface area contributed by atoms with Gasteiger partial charge in [-0.2, -0.15) is 0 Å². The summed E-state index contributed by atoms with van der Waals surface area (Å²) in [4.78, 5) is 54.9. The van der Waals surface area contributed by atoms with E-state index < -0.39 is 23.4 Å². The molecule has 0 saturated carbocycles. The van der Waals surface area contributed by atoms with Crippen molar-refractivity contribution in [1.29, 1.82) is 0 Å². The van der Waals surface area contributed by atoms with Gasteiger partial charge in [0.1, 0.15) is 17.5 Å². The molecule has 3 aliphatic rings. The third kappa shape index (κ3) is 4.79. The van der Waals surface area contributed by atoms with E-state index in [4.69, 9.17) is 9.15 Å². The quantitative estimate of drug-likeness (QED) is 0.373. The number of fused-ring (bicyclic) bond motifs is 2. The first-order valence-electron chi connectivity index (χ1n) is 13.5. The Bertz CT molecular complexity index is 1690. The number of nitrogens with one attached hydrogen (secondary N) is 1. The van der Waals surface area contributed by atoms with E-state index >= 15 is 0 Å². The van der Waals surface area contributed by atoms with E-state index in [0.717, 1.165) is 17.0 Å². The minimum atomic E-state index is -1.13. The van der Waals surface area contributed by atoms with E-state index in [1.165, 1.54) is 10.6 Å². The molecule has 4 heterocycles. The number of hydrogen-bond donors (Lipinski definition) is 1. The van der Waals surface area contributed by atoms with Crippen molar-refractivity contribution in [3.63, 3.8) is 0 Å². The molecule has 0 spiro atoms. The van der Waals surface area contributed by atoms with Crippen molar-refractivity contribution in [3.8, 4) is 5.75 Å². The molecule has 1 aromatic heterocycles. The predicted molar refractivity (Wildman–Crippen MR) is 149 cm³/mol. The number of ketones is 1. The molecule has 12 heteroatoms. The van der Waals surface area contributed by atoms with Gasteiger partial charge in [0.25, 0.3) is 5.91 Å². The number of oxazole rings is 1. The van der Waals surface area contributed by atoms with Crippen LogP contribution in [-0.4, -0.2) is 64.9 Å². The number of methoxy groups -OCH3 is 1. The number of azo groups is 1. The van der Waals surface area contributed by atoms with E-state index in [9.17, 15) is 19.2 Å². The van der Waals surface area contributed by atoms with Crippen molar-refractivity contribution in [1.82, 2.24) is 14.4 Å². The van der Waals surface area contributed by atoms with E-state index in [1.54, 1.807) is 33.2 Å². The SMILES string of the molecule is COc1ccc2c(c1)CCN(C1CCN(C3=CC(C(=O)c4cc(C)c5c(c4)oc(=O)n5C)C(=O)N=N3)CC1)C(=O)N2. The minimum Gasteiger partial charge on any atom is -0.497 e. The monoisotopic (exact) mass is 558 g/mol. The Morgan fingerprint density at radius 1 is 1.07 bits per heavy atom. The summed E-state index contributed by atoms with van der Waals surface area (Å²) in [6, 6.07) is 8.72. The van der Waals surface area contributed by atoms with Crippen LogP contribution in [-0.2, 0) is 18.3 Å². The summed E-state index contributed by atoms with van der Waals surface area (Å²) >= 11 is 0. The Balaban J connectivity index is 1.15. The van der Waals surface area contributed by atoms with Gasteiger partial charge < -0.3 is 24.3 Å². The Morgan fingerprint density at radius 2 is 1.85 bits per heavy atom. The summed E-state index contributed by atoms with van der Waals surface area (Å²) in [5, 5.41) is 10.9. The first kappa shape index (κ1) is 26.5. The first-order chi connectivity index (χ1) is 19.7. The molecule has 0 aliphatic carbocycles. The van der Waals surface area contributed by atoms with Crippen LogP contribution < -0.4 is 15.8 Å². The van der Waals surface area contributed by atoms with Gasteiger partial charge in [-0.25, -0.2) is 9.59 Å². The fraction of sp³-hybridized carbons (Fsp3) is 0.379. The minimum absolute atomic E-state index is 0.0397. The number of Topliss-reactive ketones (excluding diaryl/α,β-unsaturated/α-hetero) is 1. The number of benzene rings is 2. The number of hydrogen-bond acceptors (Lipinski definition) is 8. The van der Waals surface area contributed by atoms with E-state index in [2.05, 4.69) is 15.5 Å². The molecule has 1 saturated heterocycles. The average Bonchev–Trinajstić information content (AvgIpc) is 3.16. The summed E-state index contributed by atoms with van der Waals surface area (Å²) in [7, 11) is 3.22. The summed E-state index contributed by atoms with van der Waals surface area (Å²) < 4.78 is 12.0. The molecule has 41 heavy (non-hydrogen) atoms. The lowest BCUT2D eigenvalue weighted by molar-refractivity contribution is -0.119. The third-order valence-corrected chi connectivity index (χ3v) is 8.14. The fourth-order valence-corrected chi connectivity index (χ4v) is 5.91. The van der Waals surface area contributed by atoms with Crippen molar-refractivity contribution in [2.24, 2.45) is 23.2 Å². The second-order valence-electron chi connectivity index (χ2n) is 10.6. The van der Waals surface area contributed by atoms with E-state index in [0.29, 0.717) is 55.8 Å². The number of aryl methyl sites for hydroxylation is 2. The standard InChI is InChI=1S/C29H30N6O6/c1-16-12-18(14-23-25(16)33(2)29(39)41-23)26(36)21-15-24(31-32-27(21)37)34-9-7-19(8-10-34)35-11-6-17-13-20(40-3)4-5-22(17)30-28(35)38/h4-5,12-15,19,21H,6-11H2,1-3H3,(H,30,38). The summed E-state index contributed by atoms with van der Waals surface area (Å²) in [5.41, 5.74) is 3.68. The number of piperidine rings is 1. The maximum absolute atomic E-state index is 13.4. The molecule has 1 unspecified atom stereocenters. The lowest BCUT2D eigenvalue weighted by Gasteiger charge is -2.39. The molecule has 12 nitrogen and oxygen atoms in total. The van der Waals surface area contributed by atoms with Crippen LogP contribution >= 0.6 is 0 Å². The molecule has 1 N–H and O–H groups in total. The maximum atomic E-state index is 13.4. The molecule has 212 valence electrons. The van der Waals surface area contributed by atoms with E-state index in [1.807, 2.05) is 28.0 Å². The zero-order valence-electron chi connectivity index (χ0n) is 23.0. The van der Waals surface area contributed by atoms with Gasteiger partial charge in [0, 0.05) is 44.0 Å². The van der Waals surface area contributed by atoms with Gasteiger partial charge in [0.2, 0.25) is 0 Å². The maximum Gasteiger partial charge on any atom is 0.419 e. The number of rotatable bonds is 5. The number of likely N-dealkylation sites (tertiary alicyclic amines) is 1. The van der Waals surface area contributed by atoms with Gasteiger partial charge in [0.05, 0.1) is 12.6 Å². The molecule has 0 bridgehead atoms. The Labute approximate surface area is 235 Å². The molecular formula is C29H30N6O6. The molecule has 0 radical (unpaired) electrons. The van der Waals surface area contributed by atoms with Gasteiger partial charge in [0.15, 0.2) is 11.4 Å². The lowest BCUT2D eigenvalue weighted by Crippen LogP contribution is -2.48. The highest BCUT2D eigenvalue weighted by atomic mass is 16.5. The Kier molecular flexibility index (Phi) is 6.68. The number of nitrogens with zero attached hydrogens (tertiary/aromatic N) is 5. The summed E-state index contributed by atoms with van der Waals surface area (Å²) in [6.07, 6.45) is 3.68. The van der Waals surface area contributed by atoms with Crippen LogP contribution in [0.5, 0.6) is 5.75 Å². The van der Waals surface area contributed by atoms with Gasteiger partial charge >= 0.3 is 11.8 Å². The topological polar surface area (TPSA) is 139 Å². The van der Waals surface area contributed by atoms with Gasteiger partial charge in [-0.1, -0.05) is 0 Å². The van der Waals surface area contributed by atoms with Crippen LogP contribution in [0.25, 0.3) is 11.1 Å². The van der Waals surface area contributed by atoms with Crippen LogP contribution in [0.4, 0.5) is 10.5 Å². The Hall–Kier alpha value is -4.74. The van der Waals surface area contributed by atoms with Gasteiger partial charge in [-0.3, -0.25) is 14.2 Å². The molecule has 3 amide bonds. The van der Waals surface area contributed by atoms with Crippen LogP contribution in [0, 0.1) is 12.8 Å². The van der Waals surface area contributed by atoms with E-state index in [-0.39, 0.29) is 23.2 Å². The van der Waals surface area contributed by atoms with Crippen molar-refractivity contribution >= 4 is 34.5 Å². The zero-order chi connectivity index (χ0) is 28.8. The summed E-state index contributed by atoms with van der Waals surface area (Å²) in [5.74, 6) is -1.51. The van der Waals surface area contributed by atoms with Gasteiger partial charge in [-0.05, 0) is 73.7 Å². The fourth-order valence-electron chi connectivity index (χ4n) is 5.91. The van der Waals surface area contributed by atoms with Crippen molar-refractivity contribution in [2.75, 3.05) is 32.1 Å². The summed E-state index contributed by atoms with van der Waals surface area (Å²) in [6.45, 7) is 3.56. The Morgan fingerprint density at radius 3 is 2.61 bits per heavy atom. The molecule has 3 aromatic rings. The molecule has 1 fully saturated rings. The highest BCUT2D eigenvalue weighted by molar-refractivity contribution is 6.13. The second-order valence-corrected chi connectivity index (χ2v) is 10.6. The second kappa shape index (κ2) is 10.3. The molecule has 6 rings (SSSR count). The largest absolute Gasteiger partial charge is 0.497 e. The van der Waals surface area contributed by atoms with Crippen molar-refractivity contribution < 1.29 is 23.5 Å². The molecule has 3 aliphatic heterocycles. The van der Waals surface area contributed by atoms with Crippen LogP contribution in [0.15, 0.2) is 61.7 Å². The number of ether oxygens (including phenoxy) is 1. The van der Waals surface area contributed by atoms with Crippen molar-refractivity contribution in [2.45, 2.75) is 32.2 Å². The normalized spacial score (nSPS) is 19.6. The van der Waals surface area contributed by atoms with Crippen molar-refractivity contribution in [3.05, 3.63) is 69.5 Å². The van der Waals surface area contributed by atoms with Crippen LogP contribution in [0.1, 0.15) is 34.3 Å². The number of amides is 3. The molecule has 2 aromatic carbocycles. The third-order valence-electron chi connectivity index (χ3n) is 8.14. The lowest BCUT2D eigenvalue weighted by atomic mass is 9.94. The number of urea groups is 1.